The third kappa shape index (κ3) is 3.54. The van der Waals surface area contributed by atoms with Gasteiger partial charge in [-0.3, -0.25) is 9.59 Å². The van der Waals surface area contributed by atoms with Gasteiger partial charge in [0.2, 0.25) is 11.8 Å². The fourth-order valence-corrected chi connectivity index (χ4v) is 1.80. The van der Waals surface area contributed by atoms with Crippen molar-refractivity contribution >= 4 is 17.3 Å². The Morgan fingerprint density at radius 1 is 1.32 bits per heavy atom. The molecule has 0 unspecified atom stereocenters. The summed E-state index contributed by atoms with van der Waals surface area (Å²) in [5, 5.41) is 9.54. The van der Waals surface area contributed by atoms with Crippen LogP contribution in [-0.2, 0) is 16.1 Å². The van der Waals surface area contributed by atoms with Crippen molar-refractivity contribution in [2.24, 2.45) is 0 Å². The van der Waals surface area contributed by atoms with Gasteiger partial charge < -0.3 is 10.6 Å². The molecular formula is C13H16N4O2. The lowest BCUT2D eigenvalue weighted by atomic mass is 10.2. The molecule has 6 heteroatoms. The summed E-state index contributed by atoms with van der Waals surface area (Å²) in [5.74, 6) is -0.216. The minimum Gasteiger partial charge on any atom is -0.356 e. The maximum Gasteiger partial charge on any atom is 0.222 e. The van der Waals surface area contributed by atoms with Gasteiger partial charge in [0.05, 0.1) is 5.52 Å². The van der Waals surface area contributed by atoms with Crippen molar-refractivity contribution in [1.29, 1.82) is 0 Å². The zero-order chi connectivity index (χ0) is 13.7. The standard InChI is InChI=1S/C13H16N4O2/c1-10(18)14-6-5-13(19)15-9-11-3-2-8-17-12(11)4-7-16-17/h2-4,7-8H,5-6,9H2,1H3,(H,14,18)(H,15,19). The zero-order valence-electron chi connectivity index (χ0n) is 10.7. The van der Waals surface area contributed by atoms with Crippen molar-refractivity contribution in [2.45, 2.75) is 19.9 Å². The van der Waals surface area contributed by atoms with Crippen LogP contribution in [0.3, 0.4) is 0 Å². The van der Waals surface area contributed by atoms with Crippen LogP contribution in [0.1, 0.15) is 18.9 Å². The number of fused-ring (bicyclic) bond motifs is 1. The van der Waals surface area contributed by atoms with Gasteiger partial charge in [0, 0.05) is 38.8 Å². The van der Waals surface area contributed by atoms with Crippen molar-refractivity contribution in [2.75, 3.05) is 6.54 Å². The Morgan fingerprint density at radius 3 is 2.95 bits per heavy atom. The molecule has 0 aliphatic rings. The number of hydrogen-bond donors (Lipinski definition) is 2. The summed E-state index contributed by atoms with van der Waals surface area (Å²) < 4.78 is 1.76. The molecule has 2 heterocycles. The lowest BCUT2D eigenvalue weighted by Crippen LogP contribution is -2.29. The van der Waals surface area contributed by atoms with Gasteiger partial charge in [0.15, 0.2) is 0 Å². The molecule has 0 aromatic carbocycles. The molecule has 2 amide bonds. The van der Waals surface area contributed by atoms with E-state index < -0.39 is 0 Å². The van der Waals surface area contributed by atoms with E-state index in [4.69, 9.17) is 0 Å². The molecule has 2 rings (SSSR count). The van der Waals surface area contributed by atoms with Gasteiger partial charge >= 0.3 is 0 Å². The van der Waals surface area contributed by atoms with E-state index >= 15 is 0 Å². The lowest BCUT2D eigenvalue weighted by Gasteiger charge is -2.07. The summed E-state index contributed by atoms with van der Waals surface area (Å²) in [7, 11) is 0. The van der Waals surface area contributed by atoms with Crippen LogP contribution in [0, 0.1) is 0 Å². The summed E-state index contributed by atoms with van der Waals surface area (Å²) >= 11 is 0. The molecule has 0 aliphatic carbocycles. The van der Waals surface area contributed by atoms with Gasteiger partial charge in [-0.1, -0.05) is 6.07 Å². The molecule has 2 aromatic heterocycles. The maximum absolute atomic E-state index is 11.6. The normalized spacial score (nSPS) is 10.4. The van der Waals surface area contributed by atoms with Crippen molar-refractivity contribution in [3.05, 3.63) is 36.2 Å². The molecule has 2 N–H and O–H groups in total. The Bertz CT molecular complexity index is 591. The third-order valence-electron chi connectivity index (χ3n) is 2.73. The minimum absolute atomic E-state index is 0.0877. The van der Waals surface area contributed by atoms with Crippen molar-refractivity contribution in [1.82, 2.24) is 20.2 Å². The SMILES string of the molecule is CC(=O)NCCC(=O)NCc1cccn2nccc12. The molecule has 0 atom stereocenters. The van der Waals surface area contributed by atoms with Gasteiger partial charge in [-0.25, -0.2) is 4.52 Å². The fraction of sp³-hybridized carbons (Fsp3) is 0.308. The van der Waals surface area contributed by atoms with E-state index in [1.165, 1.54) is 6.92 Å². The summed E-state index contributed by atoms with van der Waals surface area (Å²) in [6.45, 7) is 2.24. The topological polar surface area (TPSA) is 75.5 Å². The number of nitrogens with zero attached hydrogens (tertiary/aromatic N) is 2. The smallest absolute Gasteiger partial charge is 0.222 e. The second kappa shape index (κ2) is 5.99. The highest BCUT2D eigenvalue weighted by Crippen LogP contribution is 2.09. The molecule has 0 saturated carbocycles. The summed E-state index contributed by atoms with van der Waals surface area (Å²) in [6.07, 6.45) is 3.86. The molecule has 0 radical (unpaired) electrons. The van der Waals surface area contributed by atoms with Crippen LogP contribution >= 0.6 is 0 Å². The Morgan fingerprint density at radius 2 is 2.16 bits per heavy atom. The average Bonchev–Trinajstić information content (AvgIpc) is 2.84. The van der Waals surface area contributed by atoms with Crippen LogP contribution < -0.4 is 10.6 Å². The molecule has 19 heavy (non-hydrogen) atoms. The predicted molar refractivity (Wildman–Crippen MR) is 70.3 cm³/mol. The third-order valence-corrected chi connectivity index (χ3v) is 2.73. The summed E-state index contributed by atoms with van der Waals surface area (Å²) in [4.78, 5) is 22.3. The number of pyridine rings is 1. The van der Waals surface area contributed by atoms with E-state index in [0.717, 1.165) is 11.1 Å². The molecule has 0 saturated heterocycles. The van der Waals surface area contributed by atoms with Gasteiger partial charge in [-0.15, -0.1) is 0 Å². The summed E-state index contributed by atoms with van der Waals surface area (Å²) in [5.41, 5.74) is 1.98. The van der Waals surface area contributed by atoms with Gasteiger partial charge in [0.1, 0.15) is 0 Å². The highest BCUT2D eigenvalue weighted by molar-refractivity contribution is 5.78. The Kier molecular flexibility index (Phi) is 4.12. The van der Waals surface area contributed by atoms with Crippen LogP contribution in [0.2, 0.25) is 0 Å². The van der Waals surface area contributed by atoms with Crippen molar-refractivity contribution < 1.29 is 9.59 Å². The molecule has 100 valence electrons. The molecule has 0 aliphatic heterocycles. The van der Waals surface area contributed by atoms with Crippen molar-refractivity contribution in [3.63, 3.8) is 0 Å². The second-order valence-corrected chi connectivity index (χ2v) is 4.20. The number of carbonyl (C=O) groups excluding carboxylic acids is 2. The second-order valence-electron chi connectivity index (χ2n) is 4.20. The van der Waals surface area contributed by atoms with E-state index in [1.54, 1.807) is 10.7 Å². The first kappa shape index (κ1) is 13.1. The first-order chi connectivity index (χ1) is 9.16. The average molecular weight is 260 g/mol. The zero-order valence-corrected chi connectivity index (χ0v) is 10.7. The maximum atomic E-state index is 11.6. The highest BCUT2D eigenvalue weighted by atomic mass is 16.2. The Labute approximate surface area is 110 Å². The molecule has 0 bridgehead atoms. The van der Waals surface area contributed by atoms with Crippen LogP contribution in [0.4, 0.5) is 0 Å². The monoisotopic (exact) mass is 260 g/mol. The van der Waals surface area contributed by atoms with Crippen molar-refractivity contribution in [3.8, 4) is 0 Å². The number of carbonyl (C=O) groups is 2. The molecule has 0 fully saturated rings. The number of amides is 2. The fourth-order valence-electron chi connectivity index (χ4n) is 1.80. The first-order valence-corrected chi connectivity index (χ1v) is 6.09. The molecule has 0 spiro atoms. The lowest BCUT2D eigenvalue weighted by molar-refractivity contribution is -0.121. The Hall–Kier alpha value is -2.37. The van der Waals surface area contributed by atoms with E-state index in [2.05, 4.69) is 15.7 Å². The quantitative estimate of drug-likeness (QED) is 0.821. The predicted octanol–water partition coefficient (Wildman–Crippen LogP) is 0.477. The number of hydrogen-bond acceptors (Lipinski definition) is 3. The van der Waals surface area contributed by atoms with Gasteiger partial charge in [0.25, 0.3) is 0 Å². The molecule has 6 nitrogen and oxygen atoms in total. The van der Waals surface area contributed by atoms with E-state index in [0.29, 0.717) is 13.1 Å². The van der Waals surface area contributed by atoms with Gasteiger partial charge in [-0.05, 0) is 17.7 Å². The first-order valence-electron chi connectivity index (χ1n) is 6.09. The molecule has 2 aromatic rings. The number of aromatic nitrogens is 2. The van der Waals surface area contributed by atoms with Crippen LogP contribution in [-0.4, -0.2) is 28.0 Å². The largest absolute Gasteiger partial charge is 0.356 e. The number of rotatable bonds is 5. The Balaban J connectivity index is 1.86. The van der Waals surface area contributed by atoms with E-state index in [9.17, 15) is 9.59 Å². The van der Waals surface area contributed by atoms with Crippen LogP contribution in [0.5, 0.6) is 0 Å². The van der Waals surface area contributed by atoms with E-state index in [1.807, 2.05) is 24.4 Å². The van der Waals surface area contributed by atoms with Crippen LogP contribution in [0.15, 0.2) is 30.6 Å². The highest BCUT2D eigenvalue weighted by Gasteiger charge is 2.04. The van der Waals surface area contributed by atoms with Gasteiger partial charge in [-0.2, -0.15) is 5.10 Å². The van der Waals surface area contributed by atoms with Crippen LogP contribution in [0.25, 0.3) is 5.52 Å². The molecular weight excluding hydrogens is 244 g/mol. The number of nitrogens with one attached hydrogen (secondary N) is 2. The minimum atomic E-state index is -0.128. The van der Waals surface area contributed by atoms with E-state index in [-0.39, 0.29) is 18.2 Å². The summed E-state index contributed by atoms with van der Waals surface area (Å²) in [6, 6.07) is 5.74.